The average molecular weight is 455 g/mol. The van der Waals surface area contributed by atoms with Crippen molar-refractivity contribution >= 4 is 5.97 Å². The number of rotatable bonds is 9. The lowest BCUT2D eigenvalue weighted by Crippen LogP contribution is -2.46. The zero-order chi connectivity index (χ0) is 23.4. The predicted octanol–water partition coefficient (Wildman–Crippen LogP) is 4.51. The van der Waals surface area contributed by atoms with Gasteiger partial charge in [-0.25, -0.2) is 0 Å². The van der Waals surface area contributed by atoms with Crippen LogP contribution in [0.2, 0.25) is 0 Å². The van der Waals surface area contributed by atoms with Gasteiger partial charge in [-0.3, -0.25) is 4.79 Å². The average Bonchev–Trinajstić information content (AvgIpc) is 3.27. The van der Waals surface area contributed by atoms with E-state index >= 15 is 0 Å². The zero-order valence-electron chi connectivity index (χ0n) is 19.8. The van der Waals surface area contributed by atoms with Crippen molar-refractivity contribution in [3.63, 3.8) is 0 Å². The molecular formula is C27H34O6. The van der Waals surface area contributed by atoms with Crippen LogP contribution in [0.15, 0.2) is 60.7 Å². The maximum absolute atomic E-state index is 12.7. The molecule has 33 heavy (non-hydrogen) atoms. The number of esters is 1. The minimum Gasteiger partial charge on any atom is -0.460 e. The van der Waals surface area contributed by atoms with Crippen LogP contribution < -0.4 is 0 Å². The van der Waals surface area contributed by atoms with Gasteiger partial charge in [0, 0.05) is 18.9 Å². The van der Waals surface area contributed by atoms with Crippen molar-refractivity contribution < 1.29 is 28.5 Å². The summed E-state index contributed by atoms with van der Waals surface area (Å²) in [5.41, 5.74) is 1.62. The predicted molar refractivity (Wildman–Crippen MR) is 123 cm³/mol. The first-order valence-corrected chi connectivity index (χ1v) is 11.6. The quantitative estimate of drug-likeness (QED) is 0.520. The molecule has 0 aromatic heterocycles. The summed E-state index contributed by atoms with van der Waals surface area (Å²) in [7, 11) is 1.63. The molecule has 0 amide bonds. The Morgan fingerprint density at radius 3 is 1.94 bits per heavy atom. The lowest BCUT2D eigenvalue weighted by molar-refractivity contribution is -0.236. The smallest absolute Gasteiger partial charge is 0.306 e. The van der Waals surface area contributed by atoms with E-state index < -0.39 is 11.9 Å². The topological polar surface area (TPSA) is 63.2 Å². The van der Waals surface area contributed by atoms with Gasteiger partial charge in [-0.05, 0) is 31.9 Å². The summed E-state index contributed by atoms with van der Waals surface area (Å²) in [4.78, 5) is 12.7. The Morgan fingerprint density at radius 2 is 1.42 bits per heavy atom. The van der Waals surface area contributed by atoms with E-state index in [9.17, 15) is 4.79 Å². The highest BCUT2D eigenvalue weighted by molar-refractivity contribution is 5.70. The maximum atomic E-state index is 12.7. The second-order valence-electron chi connectivity index (χ2n) is 9.76. The minimum absolute atomic E-state index is 0.105. The molecule has 6 heteroatoms. The number of fused-ring (bicyclic) bond motifs is 2. The van der Waals surface area contributed by atoms with Gasteiger partial charge in [0.15, 0.2) is 6.29 Å². The van der Waals surface area contributed by atoms with Gasteiger partial charge in [0.1, 0.15) is 11.7 Å². The molecule has 1 saturated heterocycles. The van der Waals surface area contributed by atoms with E-state index in [1.807, 2.05) is 81.4 Å². The molecule has 1 aliphatic heterocycles. The molecule has 4 rings (SSSR count). The molecule has 1 heterocycles. The van der Waals surface area contributed by atoms with Crippen LogP contribution in [0.3, 0.4) is 0 Å². The highest BCUT2D eigenvalue weighted by Crippen LogP contribution is 2.50. The Morgan fingerprint density at radius 1 is 0.879 bits per heavy atom. The Kier molecular flexibility index (Phi) is 7.49. The Balaban J connectivity index is 1.53. The lowest BCUT2D eigenvalue weighted by atomic mass is 9.92. The number of carbonyl (C=O) groups is 1. The molecule has 0 N–H and O–H groups in total. The lowest BCUT2D eigenvalue weighted by Gasteiger charge is -2.34. The molecule has 1 aliphatic carbocycles. The van der Waals surface area contributed by atoms with E-state index in [0.29, 0.717) is 13.2 Å². The van der Waals surface area contributed by atoms with Crippen molar-refractivity contribution in [2.24, 2.45) is 11.8 Å². The van der Waals surface area contributed by atoms with Gasteiger partial charge in [0.25, 0.3) is 0 Å². The van der Waals surface area contributed by atoms with Crippen molar-refractivity contribution in [2.45, 2.75) is 70.6 Å². The second-order valence-corrected chi connectivity index (χ2v) is 9.76. The van der Waals surface area contributed by atoms with E-state index in [-0.39, 0.29) is 42.5 Å². The van der Waals surface area contributed by atoms with Crippen LogP contribution in [0, 0.1) is 11.8 Å². The van der Waals surface area contributed by atoms with Gasteiger partial charge in [-0.1, -0.05) is 60.7 Å². The fourth-order valence-electron chi connectivity index (χ4n) is 4.86. The summed E-state index contributed by atoms with van der Waals surface area (Å²) < 4.78 is 30.3. The molecular weight excluding hydrogens is 420 g/mol. The van der Waals surface area contributed by atoms with E-state index in [4.69, 9.17) is 23.7 Å². The molecule has 6 atom stereocenters. The number of carbonyl (C=O) groups excluding carboxylic acids is 1. The van der Waals surface area contributed by atoms with Crippen LogP contribution in [-0.4, -0.2) is 43.3 Å². The van der Waals surface area contributed by atoms with E-state index in [1.165, 1.54) is 0 Å². The van der Waals surface area contributed by atoms with Gasteiger partial charge in [0.05, 0.1) is 31.8 Å². The molecule has 178 valence electrons. The highest BCUT2D eigenvalue weighted by atomic mass is 16.7. The van der Waals surface area contributed by atoms with Crippen LogP contribution in [0.25, 0.3) is 0 Å². The Bertz CT molecular complexity index is 894. The Labute approximate surface area is 196 Å². The first-order chi connectivity index (χ1) is 15.9. The van der Waals surface area contributed by atoms with Crippen LogP contribution in [0.5, 0.6) is 0 Å². The standard InChI is InChI=1S/C27H34O6/c1-27(2,3)33-21(28)15-20-22-24(30-16-18-11-7-5-8-12-18)25(23(20)32-26(22)29-4)31-17-19-13-9-6-10-14-19/h5-14,20,22-26H,15-17H2,1-4H3/t20?,22-,23+,24+,25+,26-/m0/s1. The Hall–Kier alpha value is -2.25. The minimum atomic E-state index is -0.539. The molecule has 2 aliphatic rings. The molecule has 2 aromatic carbocycles. The third kappa shape index (κ3) is 5.82. The second kappa shape index (κ2) is 10.3. The molecule has 2 aromatic rings. The number of methoxy groups -OCH3 is 1. The highest BCUT2D eigenvalue weighted by Gasteiger charge is 2.62. The summed E-state index contributed by atoms with van der Waals surface area (Å²) in [5, 5.41) is 0. The third-order valence-electron chi connectivity index (χ3n) is 6.17. The summed E-state index contributed by atoms with van der Waals surface area (Å²) in [6.07, 6.45) is -1.08. The first-order valence-electron chi connectivity index (χ1n) is 11.6. The number of hydrogen-bond acceptors (Lipinski definition) is 6. The summed E-state index contributed by atoms with van der Waals surface area (Å²) >= 11 is 0. The molecule has 6 nitrogen and oxygen atoms in total. The molecule has 2 bridgehead atoms. The number of benzene rings is 2. The fourth-order valence-corrected chi connectivity index (χ4v) is 4.86. The number of ether oxygens (including phenoxy) is 5. The molecule has 1 saturated carbocycles. The van der Waals surface area contributed by atoms with E-state index in [1.54, 1.807) is 7.11 Å². The summed E-state index contributed by atoms with van der Waals surface area (Å²) in [6.45, 7) is 6.52. The van der Waals surface area contributed by atoms with Crippen LogP contribution in [0.4, 0.5) is 0 Å². The molecule has 2 fully saturated rings. The van der Waals surface area contributed by atoms with Crippen molar-refractivity contribution in [3.8, 4) is 0 Å². The third-order valence-corrected chi connectivity index (χ3v) is 6.17. The molecule has 1 unspecified atom stereocenters. The van der Waals surface area contributed by atoms with Gasteiger partial charge >= 0.3 is 5.97 Å². The van der Waals surface area contributed by atoms with Gasteiger partial charge in [-0.15, -0.1) is 0 Å². The van der Waals surface area contributed by atoms with Crippen LogP contribution >= 0.6 is 0 Å². The summed E-state index contributed by atoms with van der Waals surface area (Å²) in [6, 6.07) is 20.1. The SMILES string of the molecule is CO[C@H]1O[C@@H]2C(CC(=O)OC(C)(C)C)[C@H]1[C@@H](OCc1ccccc1)[C@@H]2OCc1ccccc1. The van der Waals surface area contributed by atoms with Gasteiger partial charge < -0.3 is 23.7 Å². The zero-order valence-corrected chi connectivity index (χ0v) is 19.8. The fraction of sp³-hybridized carbons (Fsp3) is 0.519. The largest absolute Gasteiger partial charge is 0.460 e. The van der Waals surface area contributed by atoms with Crippen LogP contribution in [-0.2, 0) is 41.7 Å². The van der Waals surface area contributed by atoms with E-state index in [2.05, 4.69) is 0 Å². The van der Waals surface area contributed by atoms with Crippen molar-refractivity contribution in [3.05, 3.63) is 71.8 Å². The van der Waals surface area contributed by atoms with Crippen molar-refractivity contribution in [1.82, 2.24) is 0 Å². The van der Waals surface area contributed by atoms with Crippen molar-refractivity contribution in [2.75, 3.05) is 7.11 Å². The van der Waals surface area contributed by atoms with E-state index in [0.717, 1.165) is 11.1 Å². The van der Waals surface area contributed by atoms with Gasteiger partial charge in [-0.2, -0.15) is 0 Å². The maximum Gasteiger partial charge on any atom is 0.306 e. The van der Waals surface area contributed by atoms with Crippen LogP contribution in [0.1, 0.15) is 38.3 Å². The monoisotopic (exact) mass is 454 g/mol. The number of hydrogen-bond donors (Lipinski definition) is 0. The molecule has 0 spiro atoms. The van der Waals surface area contributed by atoms with Gasteiger partial charge in [0.2, 0.25) is 0 Å². The first kappa shape index (κ1) is 23.9. The summed E-state index contributed by atoms with van der Waals surface area (Å²) in [5.74, 6) is -0.475. The molecule has 0 radical (unpaired) electrons. The van der Waals surface area contributed by atoms with Crippen molar-refractivity contribution in [1.29, 1.82) is 0 Å². The normalized spacial score (nSPS) is 28.7.